The van der Waals surface area contributed by atoms with E-state index in [2.05, 4.69) is 20.5 Å². The van der Waals surface area contributed by atoms with Crippen LogP contribution in [0.1, 0.15) is 13.3 Å². The zero-order chi connectivity index (χ0) is 21.8. The fraction of sp³-hybridized carbons (Fsp3) is 0.619. The molecule has 1 fully saturated rings. The second-order valence-electron chi connectivity index (χ2n) is 7.11. The smallest absolute Gasteiger partial charge is 0.243 e. The van der Waals surface area contributed by atoms with Gasteiger partial charge in [-0.3, -0.25) is 9.69 Å². The molecule has 1 aliphatic heterocycles. The van der Waals surface area contributed by atoms with Crippen LogP contribution in [0.2, 0.25) is 0 Å². The van der Waals surface area contributed by atoms with Crippen LogP contribution in [-0.4, -0.2) is 95.4 Å². The van der Waals surface area contributed by atoms with Gasteiger partial charge in [-0.05, 0) is 32.0 Å². The Bertz CT molecular complexity index is 690. The van der Waals surface area contributed by atoms with Crippen molar-refractivity contribution in [2.24, 2.45) is 4.99 Å². The summed E-state index contributed by atoms with van der Waals surface area (Å²) >= 11 is 0. The number of anilines is 1. The number of hydrogen-bond acceptors (Lipinski definition) is 6. The molecule has 1 heterocycles. The van der Waals surface area contributed by atoms with Crippen molar-refractivity contribution in [1.29, 1.82) is 0 Å². The molecule has 0 aromatic heterocycles. The van der Waals surface area contributed by atoms with Crippen molar-refractivity contribution in [2.45, 2.75) is 13.3 Å². The summed E-state index contributed by atoms with van der Waals surface area (Å²) in [5, 5.41) is 6.58. The van der Waals surface area contributed by atoms with Crippen molar-refractivity contribution in [1.82, 2.24) is 15.1 Å². The highest BCUT2D eigenvalue weighted by molar-refractivity contribution is 5.95. The summed E-state index contributed by atoms with van der Waals surface area (Å²) in [6, 6.07) is 5.59. The fourth-order valence-electron chi connectivity index (χ4n) is 2.92. The van der Waals surface area contributed by atoms with E-state index in [4.69, 9.17) is 14.2 Å². The van der Waals surface area contributed by atoms with E-state index in [0.29, 0.717) is 24.1 Å². The molecule has 0 spiro atoms. The van der Waals surface area contributed by atoms with Crippen molar-refractivity contribution < 1.29 is 19.0 Å². The first-order valence-electron chi connectivity index (χ1n) is 10.4. The van der Waals surface area contributed by atoms with Gasteiger partial charge in [0, 0.05) is 45.5 Å². The van der Waals surface area contributed by atoms with Gasteiger partial charge in [-0.1, -0.05) is 0 Å². The third-order valence-electron chi connectivity index (χ3n) is 4.64. The number of carbonyl (C=O) groups excluding carboxylic acids is 1. The molecule has 0 aliphatic carbocycles. The van der Waals surface area contributed by atoms with Crippen molar-refractivity contribution in [3.63, 3.8) is 0 Å². The third-order valence-corrected chi connectivity index (χ3v) is 4.64. The Kier molecular flexibility index (Phi) is 10.2. The van der Waals surface area contributed by atoms with E-state index in [1.165, 1.54) is 4.90 Å². The number of morpholine rings is 1. The van der Waals surface area contributed by atoms with E-state index >= 15 is 0 Å². The van der Waals surface area contributed by atoms with E-state index in [9.17, 15) is 4.79 Å². The molecule has 2 rings (SSSR count). The van der Waals surface area contributed by atoms with Gasteiger partial charge in [-0.2, -0.15) is 0 Å². The molecule has 0 unspecified atom stereocenters. The molecule has 9 nitrogen and oxygen atoms in total. The Hall–Kier alpha value is -2.52. The monoisotopic (exact) mass is 421 g/mol. The zero-order valence-corrected chi connectivity index (χ0v) is 18.6. The fourth-order valence-corrected chi connectivity index (χ4v) is 2.92. The number of likely N-dealkylation sites (N-methyl/N-ethyl adjacent to an activating group) is 1. The lowest BCUT2D eigenvalue weighted by atomic mass is 10.2. The van der Waals surface area contributed by atoms with Crippen molar-refractivity contribution >= 4 is 17.6 Å². The largest absolute Gasteiger partial charge is 0.493 e. The molecular weight excluding hydrogens is 386 g/mol. The minimum absolute atomic E-state index is 0.0610. The molecule has 1 aromatic carbocycles. The van der Waals surface area contributed by atoms with E-state index < -0.39 is 0 Å². The number of benzene rings is 1. The van der Waals surface area contributed by atoms with Gasteiger partial charge in [0.05, 0.1) is 26.9 Å². The molecule has 0 radical (unpaired) electrons. The molecule has 9 heteroatoms. The average molecular weight is 422 g/mol. The maximum Gasteiger partial charge on any atom is 0.243 e. The Morgan fingerprint density at radius 3 is 2.70 bits per heavy atom. The number of nitrogens with one attached hydrogen (secondary N) is 2. The van der Waals surface area contributed by atoms with Crippen molar-refractivity contribution in [3.8, 4) is 11.5 Å². The molecular formula is C21H35N5O4. The Morgan fingerprint density at radius 1 is 1.27 bits per heavy atom. The number of aliphatic imine (C=N–C) groups is 1. The predicted octanol–water partition coefficient (Wildman–Crippen LogP) is 1.26. The van der Waals surface area contributed by atoms with E-state index in [-0.39, 0.29) is 12.5 Å². The molecule has 168 valence electrons. The SMILES string of the molecule is CCOc1cc(NC(=NCC(=O)N(C)C)NCCCN2CCOCC2)ccc1OC. The minimum atomic E-state index is -0.0610. The van der Waals surface area contributed by atoms with Gasteiger partial charge in [-0.25, -0.2) is 4.99 Å². The molecule has 0 bridgehead atoms. The maximum absolute atomic E-state index is 12.0. The third kappa shape index (κ3) is 8.08. The van der Waals surface area contributed by atoms with Crippen LogP contribution < -0.4 is 20.1 Å². The molecule has 0 saturated carbocycles. The normalized spacial score (nSPS) is 14.9. The van der Waals surface area contributed by atoms with Crippen molar-refractivity contribution in [2.75, 3.05) is 79.1 Å². The molecule has 0 atom stereocenters. The lowest BCUT2D eigenvalue weighted by Crippen LogP contribution is -2.39. The lowest BCUT2D eigenvalue weighted by molar-refractivity contribution is -0.127. The lowest BCUT2D eigenvalue weighted by Gasteiger charge is -2.26. The second-order valence-corrected chi connectivity index (χ2v) is 7.11. The van der Waals surface area contributed by atoms with E-state index in [0.717, 1.165) is 51.5 Å². The second kappa shape index (κ2) is 12.9. The summed E-state index contributed by atoms with van der Waals surface area (Å²) < 4.78 is 16.4. The Labute approximate surface area is 179 Å². The molecule has 2 N–H and O–H groups in total. The van der Waals surface area contributed by atoms with Gasteiger partial charge < -0.3 is 29.7 Å². The number of guanidine groups is 1. The predicted molar refractivity (Wildman–Crippen MR) is 119 cm³/mol. The summed E-state index contributed by atoms with van der Waals surface area (Å²) in [5.41, 5.74) is 0.802. The van der Waals surface area contributed by atoms with Crippen LogP contribution >= 0.6 is 0 Å². The minimum Gasteiger partial charge on any atom is -0.493 e. The maximum atomic E-state index is 12.0. The summed E-state index contributed by atoms with van der Waals surface area (Å²) in [6.07, 6.45) is 0.967. The van der Waals surface area contributed by atoms with Crippen LogP contribution in [0.4, 0.5) is 5.69 Å². The van der Waals surface area contributed by atoms with Crippen LogP contribution in [0.15, 0.2) is 23.2 Å². The average Bonchev–Trinajstić information content (AvgIpc) is 2.75. The first kappa shape index (κ1) is 23.8. The first-order valence-corrected chi connectivity index (χ1v) is 10.4. The standard InChI is InChI=1S/C21H35N5O4/c1-5-30-19-15-17(7-8-18(19)28-4)24-21(23-16-20(27)25(2)3)22-9-6-10-26-11-13-29-14-12-26/h7-8,15H,5-6,9-14,16H2,1-4H3,(H2,22,23,24). The highest BCUT2D eigenvalue weighted by Gasteiger charge is 2.11. The number of ether oxygens (including phenoxy) is 3. The van der Waals surface area contributed by atoms with Crippen LogP contribution in [-0.2, 0) is 9.53 Å². The highest BCUT2D eigenvalue weighted by Crippen LogP contribution is 2.30. The Morgan fingerprint density at radius 2 is 2.03 bits per heavy atom. The number of nitrogens with zero attached hydrogens (tertiary/aromatic N) is 3. The highest BCUT2D eigenvalue weighted by atomic mass is 16.5. The summed E-state index contributed by atoms with van der Waals surface area (Å²) in [4.78, 5) is 20.3. The van der Waals surface area contributed by atoms with Crippen molar-refractivity contribution in [3.05, 3.63) is 18.2 Å². The summed E-state index contributed by atoms with van der Waals surface area (Å²) in [6.45, 7) is 7.83. The zero-order valence-electron chi connectivity index (χ0n) is 18.6. The van der Waals surface area contributed by atoms with Gasteiger partial charge in [0.15, 0.2) is 17.5 Å². The molecule has 1 amide bonds. The van der Waals surface area contributed by atoms with Crippen LogP contribution in [0.25, 0.3) is 0 Å². The van der Waals surface area contributed by atoms with Gasteiger partial charge >= 0.3 is 0 Å². The molecule has 1 saturated heterocycles. The number of amides is 1. The number of methoxy groups -OCH3 is 1. The van der Waals surface area contributed by atoms with Crippen LogP contribution in [0.3, 0.4) is 0 Å². The quantitative estimate of drug-likeness (QED) is 0.334. The van der Waals surface area contributed by atoms with Gasteiger partial charge in [0.1, 0.15) is 6.54 Å². The molecule has 1 aromatic rings. The summed E-state index contributed by atoms with van der Waals surface area (Å²) in [5.74, 6) is 1.82. The Balaban J connectivity index is 1.98. The first-order chi connectivity index (χ1) is 14.5. The number of carbonyl (C=O) groups is 1. The van der Waals surface area contributed by atoms with Crippen LogP contribution in [0.5, 0.6) is 11.5 Å². The van der Waals surface area contributed by atoms with E-state index in [1.807, 2.05) is 25.1 Å². The topological polar surface area (TPSA) is 87.7 Å². The number of rotatable bonds is 10. The van der Waals surface area contributed by atoms with Gasteiger partial charge in [-0.15, -0.1) is 0 Å². The summed E-state index contributed by atoms with van der Waals surface area (Å²) in [7, 11) is 5.05. The van der Waals surface area contributed by atoms with Gasteiger partial charge in [0.25, 0.3) is 0 Å². The van der Waals surface area contributed by atoms with Gasteiger partial charge in [0.2, 0.25) is 5.91 Å². The molecule has 30 heavy (non-hydrogen) atoms. The van der Waals surface area contributed by atoms with E-state index in [1.54, 1.807) is 21.2 Å². The van der Waals surface area contributed by atoms with Crippen LogP contribution in [0, 0.1) is 0 Å². The molecule has 1 aliphatic rings. The number of hydrogen-bond donors (Lipinski definition) is 2.